The standard InChI is InChI=1S/C20H21NO4/c1-3-24-20(23)18-17(14(2)22)19(15-10-6-4-7-11-15)25-21(18)16-12-8-5-9-13-16/h4-13,17-19H,3H2,1-2H3/t17-,18+,19+/m1/s1. The van der Waals surface area contributed by atoms with Gasteiger partial charge >= 0.3 is 5.97 Å². The van der Waals surface area contributed by atoms with E-state index < -0.39 is 24.0 Å². The molecule has 1 fully saturated rings. The van der Waals surface area contributed by atoms with Crippen LogP contribution in [0.4, 0.5) is 5.69 Å². The number of para-hydroxylation sites is 1. The largest absolute Gasteiger partial charge is 0.464 e. The van der Waals surface area contributed by atoms with Crippen LogP contribution >= 0.6 is 0 Å². The van der Waals surface area contributed by atoms with Crippen molar-refractivity contribution in [3.63, 3.8) is 0 Å². The van der Waals surface area contributed by atoms with Crippen LogP contribution in [0.15, 0.2) is 60.7 Å². The van der Waals surface area contributed by atoms with Crippen molar-refractivity contribution in [2.24, 2.45) is 5.92 Å². The van der Waals surface area contributed by atoms with Crippen LogP contribution < -0.4 is 5.06 Å². The lowest BCUT2D eigenvalue weighted by molar-refractivity contribution is -0.147. The Morgan fingerprint density at radius 3 is 2.20 bits per heavy atom. The van der Waals surface area contributed by atoms with E-state index in [0.29, 0.717) is 5.69 Å². The molecular formula is C20H21NO4. The Morgan fingerprint density at radius 2 is 1.64 bits per heavy atom. The van der Waals surface area contributed by atoms with Gasteiger partial charge in [-0.3, -0.25) is 9.63 Å². The lowest BCUT2D eigenvalue weighted by atomic mass is 9.87. The number of benzene rings is 2. The first-order chi connectivity index (χ1) is 12.1. The van der Waals surface area contributed by atoms with E-state index in [4.69, 9.17) is 9.57 Å². The zero-order valence-electron chi connectivity index (χ0n) is 14.3. The minimum Gasteiger partial charge on any atom is -0.464 e. The fourth-order valence-electron chi connectivity index (χ4n) is 3.18. The molecule has 2 aromatic carbocycles. The number of hydrogen-bond donors (Lipinski definition) is 0. The minimum absolute atomic E-state index is 0.106. The molecule has 0 bridgehead atoms. The summed E-state index contributed by atoms with van der Waals surface area (Å²) in [6.45, 7) is 3.49. The molecule has 1 aliphatic rings. The Kier molecular flexibility index (Phi) is 5.14. The van der Waals surface area contributed by atoms with Crippen LogP contribution in [0.1, 0.15) is 25.5 Å². The van der Waals surface area contributed by atoms with Gasteiger partial charge in [-0.1, -0.05) is 48.5 Å². The van der Waals surface area contributed by atoms with Crippen molar-refractivity contribution in [1.82, 2.24) is 0 Å². The van der Waals surface area contributed by atoms with Crippen molar-refractivity contribution >= 4 is 17.4 Å². The summed E-state index contributed by atoms with van der Waals surface area (Å²) < 4.78 is 5.23. The third-order valence-corrected chi connectivity index (χ3v) is 4.28. The second-order valence-corrected chi connectivity index (χ2v) is 5.93. The summed E-state index contributed by atoms with van der Waals surface area (Å²) in [5.74, 6) is -1.20. The molecule has 1 heterocycles. The molecular weight excluding hydrogens is 318 g/mol. The monoisotopic (exact) mass is 339 g/mol. The molecule has 5 nitrogen and oxygen atoms in total. The Hall–Kier alpha value is -2.66. The molecule has 130 valence electrons. The maximum atomic E-state index is 12.6. The molecule has 3 atom stereocenters. The second kappa shape index (κ2) is 7.49. The fourth-order valence-corrected chi connectivity index (χ4v) is 3.18. The molecule has 0 saturated carbocycles. The average molecular weight is 339 g/mol. The number of rotatable bonds is 5. The van der Waals surface area contributed by atoms with Gasteiger partial charge in [0.1, 0.15) is 11.9 Å². The Bertz CT molecular complexity index is 732. The number of Topliss-reactive ketones (excluding diaryl/α,β-unsaturated/α-hetero) is 1. The van der Waals surface area contributed by atoms with Crippen molar-refractivity contribution in [1.29, 1.82) is 0 Å². The van der Waals surface area contributed by atoms with Crippen molar-refractivity contribution in [3.8, 4) is 0 Å². The number of nitrogens with zero attached hydrogens (tertiary/aromatic N) is 1. The van der Waals surface area contributed by atoms with Gasteiger partial charge in [0.15, 0.2) is 6.04 Å². The number of ketones is 1. The molecule has 2 aromatic rings. The van der Waals surface area contributed by atoms with Crippen LogP contribution in [-0.2, 0) is 19.2 Å². The van der Waals surface area contributed by atoms with Crippen LogP contribution in [0.3, 0.4) is 0 Å². The summed E-state index contributed by atoms with van der Waals surface area (Å²) in [5.41, 5.74) is 1.57. The number of carbonyl (C=O) groups is 2. The van der Waals surface area contributed by atoms with E-state index in [1.165, 1.54) is 12.0 Å². The van der Waals surface area contributed by atoms with E-state index >= 15 is 0 Å². The number of hydroxylamine groups is 1. The van der Waals surface area contributed by atoms with Gasteiger partial charge in [0.2, 0.25) is 0 Å². The Balaban J connectivity index is 2.04. The van der Waals surface area contributed by atoms with Crippen LogP contribution in [0.2, 0.25) is 0 Å². The zero-order valence-corrected chi connectivity index (χ0v) is 14.3. The predicted octanol–water partition coefficient (Wildman–Crippen LogP) is 3.32. The first kappa shape index (κ1) is 17.2. The van der Waals surface area contributed by atoms with Gasteiger partial charge in [-0.2, -0.15) is 0 Å². The predicted molar refractivity (Wildman–Crippen MR) is 93.8 cm³/mol. The van der Waals surface area contributed by atoms with Crippen molar-refractivity contribution < 1.29 is 19.2 Å². The first-order valence-corrected chi connectivity index (χ1v) is 8.36. The van der Waals surface area contributed by atoms with Crippen LogP contribution in [0, 0.1) is 5.92 Å². The molecule has 0 unspecified atom stereocenters. The van der Waals surface area contributed by atoms with Crippen molar-refractivity contribution in [2.45, 2.75) is 26.0 Å². The van der Waals surface area contributed by atoms with Crippen LogP contribution in [-0.4, -0.2) is 24.4 Å². The van der Waals surface area contributed by atoms with Crippen LogP contribution in [0.5, 0.6) is 0 Å². The fraction of sp³-hybridized carbons (Fsp3) is 0.300. The molecule has 1 aliphatic heterocycles. The smallest absolute Gasteiger partial charge is 0.332 e. The molecule has 5 heteroatoms. The van der Waals surface area contributed by atoms with Gasteiger partial charge in [0.05, 0.1) is 18.2 Å². The van der Waals surface area contributed by atoms with E-state index in [1.807, 2.05) is 60.7 Å². The summed E-state index contributed by atoms with van der Waals surface area (Å²) in [7, 11) is 0. The lowest BCUT2D eigenvalue weighted by Gasteiger charge is -2.24. The normalized spacial score (nSPS) is 22.6. The van der Waals surface area contributed by atoms with E-state index in [9.17, 15) is 9.59 Å². The molecule has 0 radical (unpaired) electrons. The first-order valence-electron chi connectivity index (χ1n) is 8.36. The lowest BCUT2D eigenvalue weighted by Crippen LogP contribution is -2.42. The Labute approximate surface area is 147 Å². The number of esters is 1. The van der Waals surface area contributed by atoms with Gasteiger partial charge in [0.25, 0.3) is 0 Å². The topological polar surface area (TPSA) is 55.8 Å². The zero-order chi connectivity index (χ0) is 17.8. The summed E-state index contributed by atoms with van der Waals surface area (Å²) >= 11 is 0. The van der Waals surface area contributed by atoms with Gasteiger partial charge in [-0.15, -0.1) is 0 Å². The molecule has 0 N–H and O–H groups in total. The number of carbonyl (C=O) groups excluding carboxylic acids is 2. The van der Waals surface area contributed by atoms with Crippen LogP contribution in [0.25, 0.3) is 0 Å². The SMILES string of the molecule is CCOC(=O)[C@@H]1[C@@H](C(C)=O)[C@H](c2ccccc2)ON1c1ccccc1. The molecule has 3 rings (SSSR count). The summed E-state index contributed by atoms with van der Waals surface area (Å²) in [4.78, 5) is 31.1. The van der Waals surface area contributed by atoms with Gasteiger partial charge < -0.3 is 4.74 Å². The molecule has 0 aliphatic carbocycles. The molecule has 25 heavy (non-hydrogen) atoms. The number of ether oxygens (including phenoxy) is 1. The molecule has 1 saturated heterocycles. The quantitative estimate of drug-likeness (QED) is 0.782. The Morgan fingerprint density at radius 1 is 1.04 bits per heavy atom. The summed E-state index contributed by atoms with van der Waals surface area (Å²) in [6, 6.07) is 18.0. The highest BCUT2D eigenvalue weighted by molar-refractivity contribution is 5.91. The third kappa shape index (κ3) is 3.42. The second-order valence-electron chi connectivity index (χ2n) is 5.93. The molecule has 0 amide bonds. The van der Waals surface area contributed by atoms with E-state index in [-0.39, 0.29) is 12.4 Å². The van der Waals surface area contributed by atoms with E-state index in [2.05, 4.69) is 0 Å². The molecule has 0 spiro atoms. The number of anilines is 1. The van der Waals surface area contributed by atoms with Gasteiger partial charge in [-0.05, 0) is 31.5 Å². The maximum Gasteiger partial charge on any atom is 0.332 e. The van der Waals surface area contributed by atoms with E-state index in [0.717, 1.165) is 5.56 Å². The van der Waals surface area contributed by atoms with E-state index in [1.54, 1.807) is 6.92 Å². The third-order valence-electron chi connectivity index (χ3n) is 4.28. The minimum atomic E-state index is -0.815. The number of hydrogen-bond acceptors (Lipinski definition) is 5. The van der Waals surface area contributed by atoms with Gasteiger partial charge in [-0.25, -0.2) is 9.86 Å². The molecule has 0 aromatic heterocycles. The van der Waals surface area contributed by atoms with Crippen molar-refractivity contribution in [2.75, 3.05) is 11.7 Å². The highest BCUT2D eigenvalue weighted by Gasteiger charge is 2.51. The maximum absolute atomic E-state index is 12.6. The van der Waals surface area contributed by atoms with Gasteiger partial charge in [0, 0.05) is 0 Å². The highest BCUT2D eigenvalue weighted by atomic mass is 16.7. The average Bonchev–Trinajstić information content (AvgIpc) is 3.04. The summed E-state index contributed by atoms with van der Waals surface area (Å²) in [5, 5.41) is 1.52. The summed E-state index contributed by atoms with van der Waals surface area (Å²) in [6.07, 6.45) is -0.534. The highest BCUT2D eigenvalue weighted by Crippen LogP contribution is 2.42. The van der Waals surface area contributed by atoms with Crippen molar-refractivity contribution in [3.05, 3.63) is 66.2 Å².